The molecule has 26 heavy (non-hydrogen) atoms. The first-order valence-electron chi connectivity index (χ1n) is 7.67. The third-order valence-electron chi connectivity index (χ3n) is 3.55. The van der Waals surface area contributed by atoms with Crippen molar-refractivity contribution in [3.05, 3.63) is 53.9 Å². The van der Waals surface area contributed by atoms with Crippen LogP contribution in [0.3, 0.4) is 0 Å². The first kappa shape index (κ1) is 19.5. The van der Waals surface area contributed by atoms with Crippen LogP contribution in [-0.2, 0) is 14.8 Å². The summed E-state index contributed by atoms with van der Waals surface area (Å²) < 4.78 is 31.2. The fraction of sp³-hybridized carbons (Fsp3) is 0.235. The number of benzene rings is 1. The van der Waals surface area contributed by atoms with Crippen LogP contribution in [0.1, 0.15) is 11.1 Å². The Kier molecular flexibility index (Phi) is 6.42. The minimum Gasteiger partial charge on any atom is -0.496 e. The fourth-order valence-corrected chi connectivity index (χ4v) is 3.36. The zero-order valence-corrected chi connectivity index (χ0v) is 15.5. The van der Waals surface area contributed by atoms with Crippen LogP contribution in [0.4, 0.5) is 0 Å². The number of hydrogen-bond donors (Lipinski definition) is 1. The van der Waals surface area contributed by atoms with Crippen LogP contribution >= 0.6 is 0 Å². The molecule has 1 aromatic carbocycles. The van der Waals surface area contributed by atoms with Crippen molar-refractivity contribution >= 4 is 22.1 Å². The molecule has 1 aromatic heterocycles. The van der Waals surface area contributed by atoms with E-state index in [9.17, 15) is 13.2 Å². The monoisotopic (exact) mass is 376 g/mol. The van der Waals surface area contributed by atoms with Crippen molar-refractivity contribution in [1.29, 1.82) is 0 Å². The summed E-state index contributed by atoms with van der Waals surface area (Å²) in [4.78, 5) is 15.9. The minimum absolute atomic E-state index is 0.0892. The second kappa shape index (κ2) is 8.54. The summed E-state index contributed by atoms with van der Waals surface area (Å²) >= 11 is 0. The molecule has 138 valence electrons. The van der Waals surface area contributed by atoms with E-state index in [0.717, 1.165) is 9.87 Å². The van der Waals surface area contributed by atoms with Gasteiger partial charge in [0.1, 0.15) is 5.75 Å². The van der Waals surface area contributed by atoms with Crippen molar-refractivity contribution in [2.24, 2.45) is 5.10 Å². The number of ether oxygens (including phenoxy) is 1. The van der Waals surface area contributed by atoms with E-state index in [-0.39, 0.29) is 11.4 Å². The number of likely N-dealkylation sites (N-methyl/N-ethyl adjacent to an activating group) is 1. The molecule has 0 aliphatic heterocycles. The number of pyridine rings is 1. The van der Waals surface area contributed by atoms with Gasteiger partial charge in [0.05, 0.1) is 24.8 Å². The molecular weight excluding hydrogens is 356 g/mol. The lowest BCUT2D eigenvalue weighted by Gasteiger charge is -2.17. The van der Waals surface area contributed by atoms with E-state index in [4.69, 9.17) is 4.74 Å². The van der Waals surface area contributed by atoms with Crippen molar-refractivity contribution in [2.75, 3.05) is 20.7 Å². The Morgan fingerprint density at radius 3 is 2.62 bits per heavy atom. The highest BCUT2D eigenvalue weighted by molar-refractivity contribution is 7.89. The van der Waals surface area contributed by atoms with Gasteiger partial charge in [-0.2, -0.15) is 9.41 Å². The summed E-state index contributed by atoms with van der Waals surface area (Å²) in [6, 6.07) is 7.97. The van der Waals surface area contributed by atoms with Crippen LogP contribution in [0.15, 0.2) is 52.7 Å². The second-order valence-corrected chi connectivity index (χ2v) is 7.51. The van der Waals surface area contributed by atoms with Crippen LogP contribution < -0.4 is 10.2 Å². The van der Waals surface area contributed by atoms with Gasteiger partial charge in [0, 0.05) is 19.4 Å². The van der Waals surface area contributed by atoms with Crippen LogP contribution in [0.25, 0.3) is 0 Å². The highest BCUT2D eigenvalue weighted by Gasteiger charge is 2.23. The number of aromatic nitrogens is 1. The molecule has 1 N–H and O–H groups in total. The SMILES string of the molecule is COc1ccc(S(=O)(=O)N(C)CC(=O)N/N=C\c2ccncc2)cc1C. The van der Waals surface area contributed by atoms with E-state index in [2.05, 4.69) is 15.5 Å². The Balaban J connectivity index is 2.01. The second-order valence-electron chi connectivity index (χ2n) is 5.47. The summed E-state index contributed by atoms with van der Waals surface area (Å²) in [6.45, 7) is 1.39. The Labute approximate surface area is 152 Å². The maximum Gasteiger partial charge on any atom is 0.255 e. The smallest absolute Gasteiger partial charge is 0.255 e. The molecule has 0 spiro atoms. The van der Waals surface area contributed by atoms with E-state index in [0.29, 0.717) is 11.3 Å². The van der Waals surface area contributed by atoms with Gasteiger partial charge in [0.15, 0.2) is 0 Å². The van der Waals surface area contributed by atoms with E-state index in [1.807, 2.05) is 0 Å². The van der Waals surface area contributed by atoms with Crippen LogP contribution in [0.2, 0.25) is 0 Å². The van der Waals surface area contributed by atoms with Gasteiger partial charge < -0.3 is 4.74 Å². The zero-order chi connectivity index (χ0) is 19.2. The van der Waals surface area contributed by atoms with Gasteiger partial charge in [0.25, 0.3) is 5.91 Å². The maximum atomic E-state index is 12.6. The number of methoxy groups -OCH3 is 1. The molecule has 1 amide bonds. The molecule has 8 nitrogen and oxygen atoms in total. The molecule has 9 heteroatoms. The number of nitrogens with zero attached hydrogens (tertiary/aromatic N) is 3. The Bertz CT molecular complexity index is 898. The number of carbonyl (C=O) groups is 1. The van der Waals surface area contributed by atoms with Gasteiger partial charge in [-0.25, -0.2) is 13.8 Å². The Hall–Kier alpha value is -2.78. The van der Waals surface area contributed by atoms with E-state index in [1.165, 1.54) is 32.5 Å². The molecular formula is C17H20N4O4S. The highest BCUT2D eigenvalue weighted by Crippen LogP contribution is 2.23. The molecule has 0 saturated carbocycles. The molecule has 0 fully saturated rings. The number of nitrogens with one attached hydrogen (secondary N) is 1. The van der Waals surface area contributed by atoms with E-state index >= 15 is 0 Å². The summed E-state index contributed by atoms with van der Waals surface area (Å²) in [5.74, 6) is 0.0430. The van der Waals surface area contributed by atoms with Gasteiger partial charge in [0.2, 0.25) is 10.0 Å². The van der Waals surface area contributed by atoms with Crippen molar-refractivity contribution in [1.82, 2.24) is 14.7 Å². The molecule has 2 aromatic rings. The van der Waals surface area contributed by atoms with Crippen molar-refractivity contribution in [3.8, 4) is 5.75 Å². The molecule has 2 rings (SSSR count). The highest BCUT2D eigenvalue weighted by atomic mass is 32.2. The maximum absolute atomic E-state index is 12.6. The van der Waals surface area contributed by atoms with Crippen LogP contribution in [0, 0.1) is 6.92 Å². The number of carbonyl (C=O) groups excluding carboxylic acids is 1. The van der Waals surface area contributed by atoms with Crippen LogP contribution in [-0.4, -0.2) is 50.5 Å². The number of amides is 1. The third-order valence-corrected chi connectivity index (χ3v) is 5.35. The average Bonchev–Trinajstić information content (AvgIpc) is 2.62. The number of rotatable bonds is 7. The normalized spacial score (nSPS) is 11.7. The molecule has 0 atom stereocenters. The molecule has 1 heterocycles. The minimum atomic E-state index is -3.80. The summed E-state index contributed by atoms with van der Waals surface area (Å²) in [7, 11) is -0.954. The Morgan fingerprint density at radius 1 is 1.31 bits per heavy atom. The topological polar surface area (TPSA) is 101 Å². The molecule has 0 radical (unpaired) electrons. The Morgan fingerprint density at radius 2 is 2.00 bits per heavy atom. The molecule has 0 aliphatic carbocycles. The third kappa shape index (κ3) is 4.87. The lowest BCUT2D eigenvalue weighted by Crippen LogP contribution is -2.36. The molecule has 0 bridgehead atoms. The molecule has 0 unspecified atom stereocenters. The number of sulfonamides is 1. The molecule has 0 saturated heterocycles. The predicted octanol–water partition coefficient (Wildman–Crippen LogP) is 1.17. The fourth-order valence-electron chi connectivity index (χ4n) is 2.14. The first-order chi connectivity index (χ1) is 12.3. The summed E-state index contributed by atoms with van der Waals surface area (Å²) in [6.07, 6.45) is 4.64. The largest absolute Gasteiger partial charge is 0.496 e. The van der Waals surface area contributed by atoms with Gasteiger partial charge >= 0.3 is 0 Å². The van der Waals surface area contributed by atoms with E-state index < -0.39 is 15.9 Å². The van der Waals surface area contributed by atoms with Gasteiger partial charge in [-0.1, -0.05) is 0 Å². The molecule has 0 aliphatic rings. The van der Waals surface area contributed by atoms with E-state index in [1.54, 1.807) is 37.5 Å². The lowest BCUT2D eigenvalue weighted by molar-refractivity contribution is -0.121. The zero-order valence-electron chi connectivity index (χ0n) is 14.7. The van der Waals surface area contributed by atoms with Gasteiger partial charge in [-0.3, -0.25) is 9.78 Å². The standard InChI is InChI=1S/C17H20N4O4S/c1-13-10-15(4-5-16(13)25-3)26(23,24)21(2)12-17(22)20-19-11-14-6-8-18-9-7-14/h4-11H,12H2,1-3H3,(H,20,22)/b19-11-. The van der Waals surface area contributed by atoms with Gasteiger partial charge in [-0.05, 0) is 48.4 Å². The van der Waals surface area contributed by atoms with Crippen molar-refractivity contribution in [2.45, 2.75) is 11.8 Å². The number of hydrazone groups is 1. The van der Waals surface area contributed by atoms with Crippen LogP contribution in [0.5, 0.6) is 5.75 Å². The van der Waals surface area contributed by atoms with Gasteiger partial charge in [-0.15, -0.1) is 0 Å². The quantitative estimate of drug-likeness (QED) is 0.577. The predicted molar refractivity (Wildman–Crippen MR) is 97.5 cm³/mol. The summed E-state index contributed by atoms with van der Waals surface area (Å²) in [5, 5.41) is 3.80. The van der Waals surface area contributed by atoms with Crippen molar-refractivity contribution in [3.63, 3.8) is 0 Å². The average molecular weight is 376 g/mol. The number of hydrogen-bond acceptors (Lipinski definition) is 6. The van der Waals surface area contributed by atoms with Crippen molar-refractivity contribution < 1.29 is 17.9 Å². The first-order valence-corrected chi connectivity index (χ1v) is 9.11. The lowest BCUT2D eigenvalue weighted by atomic mass is 10.2. The number of aryl methyl sites for hydroxylation is 1. The summed E-state index contributed by atoms with van der Waals surface area (Å²) in [5.41, 5.74) is 3.75.